The van der Waals surface area contributed by atoms with Crippen LogP contribution in [-0.2, 0) is 9.59 Å². The van der Waals surface area contributed by atoms with E-state index in [4.69, 9.17) is 0 Å². The minimum absolute atomic E-state index is 0.0176. The second-order valence-electron chi connectivity index (χ2n) is 9.34. The Labute approximate surface area is 174 Å². The van der Waals surface area contributed by atoms with Crippen molar-refractivity contribution in [1.29, 1.82) is 0 Å². The van der Waals surface area contributed by atoms with Gasteiger partial charge >= 0.3 is 0 Å². The molecule has 0 N–H and O–H groups in total. The highest BCUT2D eigenvalue weighted by Gasteiger charge is 2.46. The van der Waals surface area contributed by atoms with Gasteiger partial charge in [-0.2, -0.15) is 0 Å². The van der Waals surface area contributed by atoms with Crippen molar-refractivity contribution in [3.05, 3.63) is 41.5 Å². The lowest BCUT2D eigenvalue weighted by molar-refractivity contribution is -0.142. The van der Waals surface area contributed by atoms with E-state index in [-0.39, 0.29) is 17.2 Å². The molecular formula is C24H33N3O2. The topological polar surface area (TPSA) is 43.9 Å². The van der Waals surface area contributed by atoms with Crippen LogP contribution >= 0.6 is 0 Å². The molecule has 2 saturated heterocycles. The molecule has 1 aromatic rings. The molecule has 0 radical (unpaired) electrons. The molecule has 2 fully saturated rings. The van der Waals surface area contributed by atoms with Crippen molar-refractivity contribution in [2.45, 2.75) is 32.6 Å². The third-order valence-electron chi connectivity index (χ3n) is 7.10. The third-order valence-corrected chi connectivity index (χ3v) is 7.10. The molecule has 2 heterocycles. The summed E-state index contributed by atoms with van der Waals surface area (Å²) < 4.78 is 0. The monoisotopic (exact) mass is 395 g/mol. The molecule has 5 nitrogen and oxygen atoms in total. The molecule has 4 rings (SSSR count). The number of hydrogen-bond acceptors (Lipinski definition) is 3. The number of nitrogens with zero attached hydrogens (tertiary/aromatic N) is 3. The van der Waals surface area contributed by atoms with E-state index in [9.17, 15) is 9.59 Å². The maximum absolute atomic E-state index is 13.1. The zero-order chi connectivity index (χ0) is 20.6. The summed E-state index contributed by atoms with van der Waals surface area (Å²) in [6.45, 7) is 6.30. The molecule has 0 unspecified atom stereocenters. The van der Waals surface area contributed by atoms with Crippen LogP contribution in [0.2, 0.25) is 0 Å². The molecule has 2 aliphatic heterocycles. The van der Waals surface area contributed by atoms with Gasteiger partial charge in [0, 0.05) is 39.1 Å². The quantitative estimate of drug-likeness (QED) is 0.770. The van der Waals surface area contributed by atoms with Crippen LogP contribution in [0.1, 0.15) is 38.2 Å². The molecule has 1 aliphatic carbocycles. The van der Waals surface area contributed by atoms with E-state index in [2.05, 4.69) is 33.8 Å². The van der Waals surface area contributed by atoms with Gasteiger partial charge in [0.1, 0.15) is 0 Å². The van der Waals surface area contributed by atoms with Crippen LogP contribution in [0.4, 0.5) is 0 Å². The number of carbonyl (C=O) groups excluding carboxylic acids is 2. The Hall–Kier alpha value is -2.14. The predicted octanol–water partition coefficient (Wildman–Crippen LogP) is 2.88. The lowest BCUT2D eigenvalue weighted by Crippen LogP contribution is -2.53. The van der Waals surface area contributed by atoms with Gasteiger partial charge in [-0.3, -0.25) is 9.59 Å². The van der Waals surface area contributed by atoms with E-state index in [1.807, 2.05) is 32.3 Å². The lowest BCUT2D eigenvalue weighted by atomic mass is 9.72. The molecule has 1 spiro atoms. The lowest BCUT2D eigenvalue weighted by Gasteiger charge is -2.47. The molecule has 2 amide bonds. The number of rotatable bonds is 5. The fourth-order valence-electron chi connectivity index (χ4n) is 5.07. The van der Waals surface area contributed by atoms with Crippen LogP contribution in [0.25, 0.3) is 5.57 Å². The second kappa shape index (κ2) is 7.94. The molecule has 0 aromatic heterocycles. The summed E-state index contributed by atoms with van der Waals surface area (Å²) in [5.74, 6) is 0.546. The molecule has 29 heavy (non-hydrogen) atoms. The average Bonchev–Trinajstić information content (AvgIpc) is 3.40. The van der Waals surface area contributed by atoms with E-state index in [0.717, 1.165) is 52.0 Å². The molecule has 0 saturated carbocycles. The van der Waals surface area contributed by atoms with Gasteiger partial charge in [0.05, 0.1) is 5.92 Å². The van der Waals surface area contributed by atoms with Gasteiger partial charge in [0.25, 0.3) is 0 Å². The molecular weight excluding hydrogens is 362 g/mol. The summed E-state index contributed by atoms with van der Waals surface area (Å²) in [6.07, 6.45) is 3.65. The fraction of sp³-hybridized carbons (Fsp3) is 0.583. The van der Waals surface area contributed by atoms with Crippen LogP contribution < -0.4 is 0 Å². The highest BCUT2D eigenvalue weighted by molar-refractivity contribution is 6.05. The zero-order valence-corrected chi connectivity index (χ0v) is 18.0. The van der Waals surface area contributed by atoms with Gasteiger partial charge in [-0.05, 0) is 56.8 Å². The maximum Gasteiger partial charge on any atom is 0.234 e. The Morgan fingerprint density at radius 2 is 1.83 bits per heavy atom. The summed E-state index contributed by atoms with van der Waals surface area (Å²) in [5.41, 5.74) is 3.82. The minimum Gasteiger partial charge on any atom is -0.342 e. The Morgan fingerprint density at radius 1 is 1.14 bits per heavy atom. The molecule has 3 aliphatic rings. The largest absolute Gasteiger partial charge is 0.342 e. The van der Waals surface area contributed by atoms with Crippen LogP contribution in [0.5, 0.6) is 0 Å². The third kappa shape index (κ3) is 4.11. The summed E-state index contributed by atoms with van der Waals surface area (Å²) in [4.78, 5) is 31.7. The Morgan fingerprint density at radius 3 is 2.48 bits per heavy atom. The number of likely N-dealkylation sites (N-methyl/N-ethyl adjacent to an activating group) is 1. The Bertz CT molecular complexity index is 807. The Kier molecular flexibility index (Phi) is 5.52. The van der Waals surface area contributed by atoms with Gasteiger partial charge in [-0.15, -0.1) is 0 Å². The van der Waals surface area contributed by atoms with Crippen molar-refractivity contribution in [3.8, 4) is 0 Å². The van der Waals surface area contributed by atoms with E-state index in [1.54, 1.807) is 0 Å². The Balaban J connectivity index is 1.34. The zero-order valence-electron chi connectivity index (χ0n) is 18.0. The first-order chi connectivity index (χ1) is 13.9. The first kappa shape index (κ1) is 20.1. The number of hydrogen-bond donors (Lipinski definition) is 0. The van der Waals surface area contributed by atoms with E-state index in [1.165, 1.54) is 16.7 Å². The maximum atomic E-state index is 13.1. The first-order valence-corrected chi connectivity index (χ1v) is 10.9. The van der Waals surface area contributed by atoms with Crippen molar-refractivity contribution in [2.75, 3.05) is 46.8 Å². The minimum atomic E-state index is -0.0176. The molecule has 5 heteroatoms. The van der Waals surface area contributed by atoms with Gasteiger partial charge in [-0.25, -0.2) is 0 Å². The standard InChI is InChI=1S/C24H33N3O2/c1-18-21(19-7-5-4-6-8-19)22(18)23(29)26-13-11-24(12-14-26)10-9-20(28)27(17-24)16-15-25(2)3/h4-8,22H,9-17H2,1-3H3/t22-/m1/s1. The molecule has 156 valence electrons. The van der Waals surface area contributed by atoms with E-state index >= 15 is 0 Å². The van der Waals surface area contributed by atoms with Crippen LogP contribution in [0.3, 0.4) is 0 Å². The van der Waals surface area contributed by atoms with Gasteiger partial charge in [-0.1, -0.05) is 35.9 Å². The molecule has 0 bridgehead atoms. The number of carbonyl (C=O) groups is 2. The number of amides is 2. The smallest absolute Gasteiger partial charge is 0.234 e. The van der Waals surface area contributed by atoms with Crippen LogP contribution in [-0.4, -0.2) is 73.3 Å². The summed E-state index contributed by atoms with van der Waals surface area (Å²) in [7, 11) is 4.10. The summed E-state index contributed by atoms with van der Waals surface area (Å²) in [5, 5.41) is 0. The predicted molar refractivity (Wildman–Crippen MR) is 115 cm³/mol. The van der Waals surface area contributed by atoms with Crippen molar-refractivity contribution >= 4 is 17.4 Å². The molecule has 1 atom stereocenters. The summed E-state index contributed by atoms with van der Waals surface area (Å²) in [6, 6.07) is 10.3. The summed E-state index contributed by atoms with van der Waals surface area (Å²) >= 11 is 0. The average molecular weight is 396 g/mol. The SMILES string of the molecule is CC1=C(c2ccccc2)[C@@H]1C(=O)N1CCC2(CCC(=O)N(CCN(C)C)C2)CC1. The van der Waals surface area contributed by atoms with Gasteiger partial charge in [0.2, 0.25) is 11.8 Å². The number of piperidine rings is 2. The van der Waals surface area contributed by atoms with Crippen molar-refractivity contribution in [2.24, 2.45) is 11.3 Å². The number of likely N-dealkylation sites (tertiary alicyclic amines) is 2. The number of benzene rings is 1. The highest BCUT2D eigenvalue weighted by atomic mass is 16.2. The highest BCUT2D eigenvalue weighted by Crippen LogP contribution is 2.48. The van der Waals surface area contributed by atoms with E-state index in [0.29, 0.717) is 12.3 Å². The van der Waals surface area contributed by atoms with Crippen molar-refractivity contribution in [1.82, 2.24) is 14.7 Å². The van der Waals surface area contributed by atoms with Crippen molar-refractivity contribution in [3.63, 3.8) is 0 Å². The van der Waals surface area contributed by atoms with Crippen molar-refractivity contribution < 1.29 is 9.59 Å². The van der Waals surface area contributed by atoms with Gasteiger partial charge < -0.3 is 14.7 Å². The van der Waals surface area contributed by atoms with E-state index < -0.39 is 0 Å². The van der Waals surface area contributed by atoms with Crippen LogP contribution in [0.15, 0.2) is 35.9 Å². The first-order valence-electron chi connectivity index (χ1n) is 10.9. The van der Waals surface area contributed by atoms with Gasteiger partial charge in [0.15, 0.2) is 0 Å². The molecule has 1 aromatic carbocycles. The fourth-order valence-corrected chi connectivity index (χ4v) is 5.07. The van der Waals surface area contributed by atoms with Crippen LogP contribution in [0, 0.1) is 11.3 Å². The second-order valence-corrected chi connectivity index (χ2v) is 9.34. The normalized spacial score (nSPS) is 23.9.